The number of quaternary nitrogens is 1. The molecule has 0 aromatic rings. The minimum Gasteiger partial charge on any atom is -0.387 e. The summed E-state index contributed by atoms with van der Waals surface area (Å²) in [4.78, 5) is 23.1. The lowest BCUT2D eigenvalue weighted by Gasteiger charge is -2.25. The summed E-state index contributed by atoms with van der Waals surface area (Å²) in [5.41, 5.74) is 0. The number of carbonyl (C=O) groups is 1. The number of hydrogen-bond acceptors (Lipinski definition) is 5. The number of allylic oxidation sites excluding steroid dienone is 12. The van der Waals surface area contributed by atoms with E-state index in [-0.39, 0.29) is 25.5 Å². The Morgan fingerprint density at radius 1 is 0.547 bits per heavy atom. The van der Waals surface area contributed by atoms with Gasteiger partial charge < -0.3 is 19.8 Å². The van der Waals surface area contributed by atoms with Crippen LogP contribution in [0, 0.1) is 0 Å². The van der Waals surface area contributed by atoms with E-state index in [1.165, 1.54) is 135 Å². The number of likely N-dealkylation sites (N-methyl/N-ethyl adjacent to an activating group) is 1. The van der Waals surface area contributed by atoms with Crippen LogP contribution >= 0.6 is 7.82 Å². The van der Waals surface area contributed by atoms with E-state index in [9.17, 15) is 19.4 Å². The Morgan fingerprint density at radius 3 is 1.41 bits per heavy atom. The zero-order valence-electron chi connectivity index (χ0n) is 42.0. The third-order valence-electron chi connectivity index (χ3n) is 11.1. The van der Waals surface area contributed by atoms with Crippen LogP contribution in [0.15, 0.2) is 85.1 Å². The van der Waals surface area contributed by atoms with E-state index in [2.05, 4.69) is 79.9 Å². The monoisotopic (exact) mass is 916 g/mol. The summed E-state index contributed by atoms with van der Waals surface area (Å²) < 4.78 is 23.5. The molecule has 3 atom stereocenters. The molecule has 9 heteroatoms. The number of hydrogen-bond donors (Lipinski definition) is 3. The standard InChI is InChI=1S/C55H99N2O6P/c1-6-8-10-12-14-16-18-20-22-23-24-25-26-27-28-29-30-31-32-33-35-36-38-40-42-44-46-48-54(58)53(52-63-64(60,61)62-51-50-57(3,4)5)56-55(59)49-47-45-43-41-39-37-34-21-19-17-15-13-11-9-7-2/h9,11,15,17,21,34,38-41,45-48,53-54,58H,6-8,10,12-14,16,18-20,22-33,35-37,42-44,49-52H2,1-5H3,(H-,56,59,60,61)/p+1/b11-9-,17-15-,34-21-,40-38+,41-39-,47-45-,48-46+. The van der Waals surface area contributed by atoms with Crippen molar-refractivity contribution in [2.24, 2.45) is 0 Å². The lowest BCUT2D eigenvalue weighted by molar-refractivity contribution is -0.870. The van der Waals surface area contributed by atoms with Crippen LogP contribution in [0.25, 0.3) is 0 Å². The molecule has 0 aliphatic rings. The normalized spacial score (nSPS) is 14.8. The fraction of sp³-hybridized carbons (Fsp3) is 0.727. The topological polar surface area (TPSA) is 105 Å². The largest absolute Gasteiger partial charge is 0.472 e. The predicted molar refractivity (Wildman–Crippen MR) is 276 cm³/mol. The zero-order chi connectivity index (χ0) is 47.1. The molecule has 0 aromatic heterocycles. The molecular formula is C55H100N2O6P+. The number of aliphatic hydroxyl groups is 1. The van der Waals surface area contributed by atoms with Crippen molar-refractivity contribution in [2.75, 3.05) is 40.9 Å². The number of phosphoric ester groups is 1. The van der Waals surface area contributed by atoms with Gasteiger partial charge in [0.25, 0.3) is 0 Å². The summed E-state index contributed by atoms with van der Waals surface area (Å²) in [6.07, 6.45) is 64.4. The fourth-order valence-electron chi connectivity index (χ4n) is 7.07. The molecule has 8 nitrogen and oxygen atoms in total. The Labute approximate surface area is 395 Å². The van der Waals surface area contributed by atoms with E-state index in [4.69, 9.17) is 9.05 Å². The Kier molecular flexibility index (Phi) is 44.2. The van der Waals surface area contributed by atoms with E-state index < -0.39 is 20.0 Å². The quantitative estimate of drug-likeness (QED) is 0.0243. The summed E-state index contributed by atoms with van der Waals surface area (Å²) in [6.45, 7) is 4.60. The van der Waals surface area contributed by atoms with Gasteiger partial charge in [0.1, 0.15) is 13.2 Å². The van der Waals surface area contributed by atoms with Gasteiger partial charge in [-0.15, -0.1) is 0 Å². The molecule has 0 aliphatic carbocycles. The molecule has 0 aromatic carbocycles. The van der Waals surface area contributed by atoms with Crippen LogP contribution in [0.2, 0.25) is 0 Å². The van der Waals surface area contributed by atoms with Gasteiger partial charge in [-0.1, -0.05) is 227 Å². The molecule has 0 rings (SSSR count). The maximum atomic E-state index is 12.8. The van der Waals surface area contributed by atoms with Gasteiger partial charge in [-0.3, -0.25) is 13.8 Å². The van der Waals surface area contributed by atoms with Crippen LogP contribution < -0.4 is 5.32 Å². The van der Waals surface area contributed by atoms with Gasteiger partial charge in [0.15, 0.2) is 0 Å². The Morgan fingerprint density at radius 2 is 0.953 bits per heavy atom. The third-order valence-corrected chi connectivity index (χ3v) is 12.1. The second-order valence-electron chi connectivity index (χ2n) is 18.5. The first kappa shape index (κ1) is 61.7. The van der Waals surface area contributed by atoms with Crippen molar-refractivity contribution in [3.05, 3.63) is 85.1 Å². The van der Waals surface area contributed by atoms with Gasteiger partial charge in [-0.2, -0.15) is 0 Å². The molecule has 0 radical (unpaired) electrons. The van der Waals surface area contributed by atoms with Gasteiger partial charge >= 0.3 is 7.82 Å². The number of phosphoric acid groups is 1. The molecule has 0 aliphatic heterocycles. The first-order valence-corrected chi connectivity index (χ1v) is 27.5. The lowest BCUT2D eigenvalue weighted by atomic mass is 10.0. The van der Waals surface area contributed by atoms with Crippen LogP contribution in [0.3, 0.4) is 0 Å². The molecule has 0 spiro atoms. The molecule has 0 saturated heterocycles. The average molecular weight is 916 g/mol. The summed E-state index contributed by atoms with van der Waals surface area (Å²) in [7, 11) is 1.49. The van der Waals surface area contributed by atoms with Gasteiger partial charge in [-0.05, 0) is 57.8 Å². The molecule has 3 N–H and O–H groups in total. The number of nitrogens with zero attached hydrogens (tertiary/aromatic N) is 1. The highest BCUT2D eigenvalue weighted by atomic mass is 31.2. The van der Waals surface area contributed by atoms with Crippen LogP contribution in [-0.4, -0.2) is 73.4 Å². The number of carbonyl (C=O) groups excluding carboxylic acids is 1. The molecule has 1 amide bonds. The minimum absolute atomic E-state index is 0.0357. The second-order valence-corrected chi connectivity index (χ2v) is 20.0. The molecule has 370 valence electrons. The summed E-state index contributed by atoms with van der Waals surface area (Å²) >= 11 is 0. The maximum Gasteiger partial charge on any atom is 0.472 e. The molecule has 0 heterocycles. The first-order valence-electron chi connectivity index (χ1n) is 26.0. The molecule has 3 unspecified atom stereocenters. The Balaban J connectivity index is 4.37. The first-order chi connectivity index (χ1) is 31.0. The summed E-state index contributed by atoms with van der Waals surface area (Å²) in [5.74, 6) is -0.315. The summed E-state index contributed by atoms with van der Waals surface area (Å²) in [5, 5.41) is 13.8. The predicted octanol–water partition coefficient (Wildman–Crippen LogP) is 15.3. The SMILES string of the molecule is CC/C=C\C/C=C\C/C=C\C/C=C\C/C=C\CC(=O)NC(COP(=O)(O)OCC[N+](C)(C)C)C(O)/C=C/CC/C=C/CCCCCCCCCCCCCCCCCCCCCCC. The molecule has 0 bridgehead atoms. The highest BCUT2D eigenvalue weighted by molar-refractivity contribution is 7.47. The highest BCUT2D eigenvalue weighted by Gasteiger charge is 2.27. The van der Waals surface area contributed by atoms with Crippen LogP contribution in [0.1, 0.15) is 206 Å². The van der Waals surface area contributed by atoms with Crippen molar-refractivity contribution in [3.63, 3.8) is 0 Å². The fourth-order valence-corrected chi connectivity index (χ4v) is 7.80. The molecule has 64 heavy (non-hydrogen) atoms. The number of nitrogens with one attached hydrogen (secondary N) is 1. The van der Waals surface area contributed by atoms with Crippen molar-refractivity contribution in [1.82, 2.24) is 5.32 Å². The van der Waals surface area contributed by atoms with Gasteiger partial charge in [0.05, 0.1) is 39.9 Å². The Bertz CT molecular complexity index is 1310. The van der Waals surface area contributed by atoms with Crippen molar-refractivity contribution in [3.8, 4) is 0 Å². The maximum absolute atomic E-state index is 12.8. The molecule has 0 saturated carbocycles. The van der Waals surface area contributed by atoms with E-state index in [0.29, 0.717) is 17.4 Å². The smallest absolute Gasteiger partial charge is 0.387 e. The van der Waals surface area contributed by atoms with Crippen LogP contribution in [0.4, 0.5) is 0 Å². The van der Waals surface area contributed by atoms with Gasteiger partial charge in [0, 0.05) is 6.42 Å². The average Bonchev–Trinajstić information content (AvgIpc) is 3.25. The Hall–Kier alpha value is -2.32. The van der Waals surface area contributed by atoms with Crippen LogP contribution in [-0.2, 0) is 18.4 Å². The van der Waals surface area contributed by atoms with Gasteiger partial charge in [-0.25, -0.2) is 4.57 Å². The number of aliphatic hydroxyl groups excluding tert-OH is 1. The van der Waals surface area contributed by atoms with Crippen molar-refractivity contribution >= 4 is 13.7 Å². The van der Waals surface area contributed by atoms with E-state index >= 15 is 0 Å². The molecule has 0 fully saturated rings. The van der Waals surface area contributed by atoms with Crippen molar-refractivity contribution < 1.29 is 32.9 Å². The second kappa shape index (κ2) is 45.8. The lowest BCUT2D eigenvalue weighted by Crippen LogP contribution is -2.45. The van der Waals surface area contributed by atoms with E-state index in [0.717, 1.165) is 44.9 Å². The minimum atomic E-state index is -4.38. The number of unbranched alkanes of at least 4 members (excludes halogenated alkanes) is 22. The number of amides is 1. The summed E-state index contributed by atoms with van der Waals surface area (Å²) in [6, 6.07) is -0.923. The van der Waals surface area contributed by atoms with Crippen molar-refractivity contribution in [1.29, 1.82) is 0 Å². The van der Waals surface area contributed by atoms with E-state index in [1.807, 2.05) is 33.3 Å². The number of rotatable bonds is 46. The van der Waals surface area contributed by atoms with Gasteiger partial charge in [0.2, 0.25) is 5.91 Å². The van der Waals surface area contributed by atoms with E-state index in [1.54, 1.807) is 12.2 Å². The zero-order valence-corrected chi connectivity index (χ0v) is 42.9. The van der Waals surface area contributed by atoms with Crippen molar-refractivity contribution in [2.45, 2.75) is 219 Å². The highest BCUT2D eigenvalue weighted by Crippen LogP contribution is 2.43. The van der Waals surface area contributed by atoms with Crippen LogP contribution in [0.5, 0.6) is 0 Å². The third kappa shape index (κ3) is 47.6. The molecular weight excluding hydrogens is 816 g/mol.